The topological polar surface area (TPSA) is 55.3 Å². The molecular weight excluding hydrogens is 205 g/mol. The molecule has 5 heteroatoms. The molecule has 1 aromatic rings. The monoisotopic (exact) mass is 217 g/mol. The van der Waals surface area contributed by atoms with E-state index in [4.69, 9.17) is 23.2 Å². The summed E-state index contributed by atoms with van der Waals surface area (Å²) in [5.74, 6) is 4.98. The first-order valence-corrected chi connectivity index (χ1v) is 4.55. The van der Waals surface area contributed by atoms with Gasteiger partial charge in [-0.2, -0.15) is 0 Å². The minimum absolute atomic E-state index is 0.0712. The zero-order chi connectivity index (χ0) is 10.7. The highest BCUT2D eigenvalue weighted by atomic mass is 35.5. The molecule has 0 bridgehead atoms. The van der Waals surface area contributed by atoms with Crippen LogP contribution >= 0.6 is 11.6 Å². The Balaban J connectivity index is 2.89. The zero-order valence-corrected chi connectivity index (χ0v) is 8.63. The summed E-state index contributed by atoms with van der Waals surface area (Å²) in [6.07, 6.45) is 0. The maximum absolute atomic E-state index is 13.0. The molecule has 1 unspecified atom stereocenters. The van der Waals surface area contributed by atoms with Crippen LogP contribution in [0, 0.1) is 5.82 Å². The van der Waals surface area contributed by atoms with Gasteiger partial charge in [0.05, 0.1) is 5.02 Å². The number of hydrogen-bond acceptors (Lipinski definition) is 3. The second-order valence-electron chi connectivity index (χ2n) is 3.19. The SMILES string of the molecule is CN(N)CC(N)c1cccc(F)c1Cl. The normalized spacial score (nSPS) is 13.3. The molecule has 0 amide bonds. The number of hydrogen-bond donors (Lipinski definition) is 2. The van der Waals surface area contributed by atoms with Crippen molar-refractivity contribution < 1.29 is 4.39 Å². The first kappa shape index (κ1) is 11.4. The Bertz CT molecular complexity index is 317. The quantitative estimate of drug-likeness (QED) is 0.593. The van der Waals surface area contributed by atoms with Crippen molar-refractivity contribution in [3.05, 3.63) is 34.6 Å². The molecule has 0 heterocycles. The van der Waals surface area contributed by atoms with Crippen LogP contribution in [0.15, 0.2) is 18.2 Å². The van der Waals surface area contributed by atoms with E-state index in [1.54, 1.807) is 19.2 Å². The van der Waals surface area contributed by atoms with Crippen LogP contribution in [0.2, 0.25) is 5.02 Å². The summed E-state index contributed by atoms with van der Waals surface area (Å²) < 4.78 is 13.0. The van der Waals surface area contributed by atoms with Gasteiger partial charge in [0.15, 0.2) is 0 Å². The van der Waals surface area contributed by atoms with Crippen LogP contribution in [0.3, 0.4) is 0 Å². The Morgan fingerprint density at radius 3 is 2.79 bits per heavy atom. The first-order chi connectivity index (χ1) is 6.52. The van der Waals surface area contributed by atoms with E-state index in [1.807, 2.05) is 0 Å². The molecule has 0 fully saturated rings. The van der Waals surface area contributed by atoms with Gasteiger partial charge in [-0.25, -0.2) is 9.40 Å². The molecule has 1 atom stereocenters. The van der Waals surface area contributed by atoms with E-state index in [-0.39, 0.29) is 11.1 Å². The molecule has 0 aromatic heterocycles. The molecule has 0 aliphatic rings. The molecule has 0 saturated carbocycles. The van der Waals surface area contributed by atoms with Crippen molar-refractivity contribution in [1.29, 1.82) is 0 Å². The van der Waals surface area contributed by atoms with E-state index in [2.05, 4.69) is 0 Å². The number of nitrogens with two attached hydrogens (primary N) is 2. The van der Waals surface area contributed by atoms with Gasteiger partial charge in [-0.1, -0.05) is 23.7 Å². The number of halogens is 2. The van der Waals surface area contributed by atoms with Crippen molar-refractivity contribution in [2.24, 2.45) is 11.6 Å². The fourth-order valence-corrected chi connectivity index (χ4v) is 1.48. The summed E-state index contributed by atoms with van der Waals surface area (Å²) in [7, 11) is 1.69. The number of hydrazine groups is 1. The molecule has 78 valence electrons. The predicted molar refractivity (Wildman–Crippen MR) is 55.2 cm³/mol. The minimum Gasteiger partial charge on any atom is -0.323 e. The average Bonchev–Trinajstić information content (AvgIpc) is 2.08. The van der Waals surface area contributed by atoms with Gasteiger partial charge in [0.25, 0.3) is 0 Å². The molecule has 0 radical (unpaired) electrons. The number of benzene rings is 1. The predicted octanol–water partition coefficient (Wildman–Crippen LogP) is 1.28. The van der Waals surface area contributed by atoms with Gasteiger partial charge in [-0.3, -0.25) is 5.84 Å². The third-order valence-corrected chi connectivity index (χ3v) is 2.26. The Morgan fingerprint density at radius 2 is 2.21 bits per heavy atom. The van der Waals surface area contributed by atoms with Gasteiger partial charge in [0.2, 0.25) is 0 Å². The van der Waals surface area contributed by atoms with E-state index in [0.717, 1.165) is 0 Å². The van der Waals surface area contributed by atoms with E-state index in [9.17, 15) is 4.39 Å². The van der Waals surface area contributed by atoms with E-state index in [1.165, 1.54) is 11.1 Å². The number of likely N-dealkylation sites (N-methyl/N-ethyl adjacent to an activating group) is 1. The third-order valence-electron chi connectivity index (χ3n) is 1.87. The van der Waals surface area contributed by atoms with Crippen molar-refractivity contribution in [3.63, 3.8) is 0 Å². The van der Waals surface area contributed by atoms with Crippen LogP contribution in [0.1, 0.15) is 11.6 Å². The Morgan fingerprint density at radius 1 is 1.57 bits per heavy atom. The smallest absolute Gasteiger partial charge is 0.142 e. The fourth-order valence-electron chi connectivity index (χ4n) is 1.22. The highest BCUT2D eigenvalue weighted by Crippen LogP contribution is 2.24. The molecule has 14 heavy (non-hydrogen) atoms. The largest absolute Gasteiger partial charge is 0.323 e. The van der Waals surface area contributed by atoms with Gasteiger partial charge >= 0.3 is 0 Å². The Hall–Kier alpha value is -0.680. The van der Waals surface area contributed by atoms with Crippen molar-refractivity contribution >= 4 is 11.6 Å². The lowest BCUT2D eigenvalue weighted by Crippen LogP contribution is -2.34. The molecule has 0 aliphatic heterocycles. The van der Waals surface area contributed by atoms with Gasteiger partial charge in [-0.15, -0.1) is 0 Å². The average molecular weight is 218 g/mol. The highest BCUT2D eigenvalue weighted by molar-refractivity contribution is 6.31. The van der Waals surface area contributed by atoms with Crippen LogP contribution in [0.5, 0.6) is 0 Å². The standard InChI is InChI=1S/C9H13ClFN3/c1-14(13)5-8(12)6-3-2-4-7(11)9(6)10/h2-4,8H,5,12-13H2,1H3. The summed E-state index contributed by atoms with van der Waals surface area (Å²) in [4.78, 5) is 0. The second-order valence-corrected chi connectivity index (χ2v) is 3.57. The van der Waals surface area contributed by atoms with Gasteiger partial charge < -0.3 is 5.73 Å². The molecule has 1 aromatic carbocycles. The summed E-state index contributed by atoms with van der Waals surface area (Å²) in [6, 6.07) is 4.19. The van der Waals surface area contributed by atoms with E-state index >= 15 is 0 Å². The van der Waals surface area contributed by atoms with Crippen molar-refractivity contribution in [2.75, 3.05) is 13.6 Å². The molecule has 1 rings (SSSR count). The molecule has 0 spiro atoms. The first-order valence-electron chi connectivity index (χ1n) is 4.17. The minimum atomic E-state index is -0.459. The van der Waals surface area contributed by atoms with Crippen LogP contribution in [-0.2, 0) is 0 Å². The second kappa shape index (κ2) is 4.70. The van der Waals surface area contributed by atoms with Gasteiger partial charge in [0, 0.05) is 19.6 Å². The Kier molecular flexibility index (Phi) is 3.83. The van der Waals surface area contributed by atoms with Crippen LogP contribution in [0.25, 0.3) is 0 Å². The molecule has 4 N–H and O–H groups in total. The van der Waals surface area contributed by atoms with Crippen molar-refractivity contribution in [1.82, 2.24) is 5.01 Å². The lowest BCUT2D eigenvalue weighted by molar-refractivity contribution is 0.324. The highest BCUT2D eigenvalue weighted by Gasteiger charge is 2.13. The lowest BCUT2D eigenvalue weighted by Gasteiger charge is -2.18. The van der Waals surface area contributed by atoms with Crippen molar-refractivity contribution in [3.8, 4) is 0 Å². The maximum atomic E-state index is 13.0. The fraction of sp³-hybridized carbons (Fsp3) is 0.333. The van der Waals surface area contributed by atoms with Crippen LogP contribution in [0.4, 0.5) is 4.39 Å². The molecule has 0 aliphatic carbocycles. The van der Waals surface area contributed by atoms with Gasteiger partial charge in [-0.05, 0) is 11.6 Å². The van der Waals surface area contributed by atoms with E-state index in [0.29, 0.717) is 12.1 Å². The number of nitrogens with zero attached hydrogens (tertiary/aromatic N) is 1. The maximum Gasteiger partial charge on any atom is 0.142 e. The zero-order valence-electron chi connectivity index (χ0n) is 7.87. The summed E-state index contributed by atoms with van der Waals surface area (Å²) in [5, 5.41) is 1.51. The Labute approximate surface area is 87.4 Å². The van der Waals surface area contributed by atoms with E-state index < -0.39 is 5.82 Å². The third kappa shape index (κ3) is 2.65. The van der Waals surface area contributed by atoms with Crippen molar-refractivity contribution in [2.45, 2.75) is 6.04 Å². The summed E-state index contributed by atoms with van der Waals surface area (Å²) >= 11 is 5.76. The molecule has 0 saturated heterocycles. The van der Waals surface area contributed by atoms with Crippen LogP contribution < -0.4 is 11.6 Å². The molecule has 3 nitrogen and oxygen atoms in total. The van der Waals surface area contributed by atoms with Gasteiger partial charge in [0.1, 0.15) is 5.82 Å². The molecular formula is C9H13ClFN3. The summed E-state index contributed by atoms with van der Waals surface area (Å²) in [5.41, 5.74) is 6.37. The van der Waals surface area contributed by atoms with Crippen LogP contribution in [-0.4, -0.2) is 18.6 Å². The lowest BCUT2D eigenvalue weighted by atomic mass is 10.1. The number of rotatable bonds is 3. The summed E-state index contributed by atoms with van der Waals surface area (Å²) in [6.45, 7) is 0.420.